The van der Waals surface area contributed by atoms with E-state index in [9.17, 15) is 27.1 Å². The van der Waals surface area contributed by atoms with Crippen molar-refractivity contribution in [1.29, 1.82) is 0 Å². The SMILES string of the molecule is CCC(F)(C(=O)O)N(c1ccc(Cl)cc1Cc1c(F)cccc1F)S(=O)(=O)c1ccc(OC)c(OC)c1. The number of halogens is 4. The molecule has 0 aliphatic rings. The summed E-state index contributed by atoms with van der Waals surface area (Å²) >= 11 is 6.09. The smallest absolute Gasteiger partial charge is 0.363 e. The molecule has 0 saturated carbocycles. The van der Waals surface area contributed by atoms with Crippen molar-refractivity contribution in [2.45, 2.75) is 30.5 Å². The summed E-state index contributed by atoms with van der Waals surface area (Å²) in [5.74, 6) is -7.26. The number of aliphatic carboxylic acids is 1. The van der Waals surface area contributed by atoms with Gasteiger partial charge in [-0.25, -0.2) is 30.7 Å². The predicted molar refractivity (Wildman–Crippen MR) is 132 cm³/mol. The zero-order chi connectivity index (χ0) is 27.5. The molecule has 0 heterocycles. The molecule has 0 fully saturated rings. The van der Waals surface area contributed by atoms with E-state index in [-0.39, 0.29) is 26.4 Å². The second-order valence-electron chi connectivity index (χ2n) is 7.85. The van der Waals surface area contributed by atoms with Gasteiger partial charge in [0, 0.05) is 29.5 Å². The van der Waals surface area contributed by atoms with Crippen molar-refractivity contribution in [2.75, 3.05) is 18.5 Å². The molecule has 12 heteroatoms. The monoisotopic (exact) mass is 557 g/mol. The molecule has 0 saturated heterocycles. The maximum Gasteiger partial charge on any atom is 0.363 e. The number of rotatable bonds is 10. The van der Waals surface area contributed by atoms with Gasteiger partial charge in [-0.05, 0) is 48.0 Å². The van der Waals surface area contributed by atoms with Gasteiger partial charge in [-0.1, -0.05) is 24.6 Å². The van der Waals surface area contributed by atoms with Gasteiger partial charge in [0.25, 0.3) is 15.8 Å². The van der Waals surface area contributed by atoms with E-state index in [4.69, 9.17) is 21.1 Å². The molecule has 1 atom stereocenters. The van der Waals surface area contributed by atoms with Gasteiger partial charge in [0.2, 0.25) is 0 Å². The van der Waals surface area contributed by atoms with Crippen molar-refractivity contribution >= 4 is 33.3 Å². The number of alkyl halides is 1. The number of nitrogens with zero attached hydrogens (tertiary/aromatic N) is 1. The first-order valence-electron chi connectivity index (χ1n) is 10.8. The number of carboxylic acids is 1. The zero-order valence-corrected chi connectivity index (χ0v) is 21.5. The van der Waals surface area contributed by atoms with Crippen LogP contribution in [-0.4, -0.2) is 39.5 Å². The Bertz CT molecular complexity index is 1420. The van der Waals surface area contributed by atoms with Crippen molar-refractivity contribution in [2.24, 2.45) is 0 Å². The molecular weight excluding hydrogens is 535 g/mol. The zero-order valence-electron chi connectivity index (χ0n) is 20.0. The highest BCUT2D eigenvalue weighted by Gasteiger charge is 2.51. The number of hydrogen-bond acceptors (Lipinski definition) is 5. The number of methoxy groups -OCH3 is 2. The molecule has 0 amide bonds. The second kappa shape index (κ2) is 10.9. The number of sulfonamides is 1. The Kier molecular flexibility index (Phi) is 8.28. The van der Waals surface area contributed by atoms with Gasteiger partial charge in [-0.15, -0.1) is 0 Å². The minimum atomic E-state index is -4.96. The van der Waals surface area contributed by atoms with E-state index < -0.39 is 62.4 Å². The van der Waals surface area contributed by atoms with Crippen LogP contribution in [0.15, 0.2) is 59.5 Å². The summed E-state index contributed by atoms with van der Waals surface area (Å²) in [6.07, 6.45) is -1.35. The van der Waals surface area contributed by atoms with Gasteiger partial charge in [0.15, 0.2) is 11.5 Å². The topological polar surface area (TPSA) is 93.1 Å². The first-order valence-corrected chi connectivity index (χ1v) is 12.6. The van der Waals surface area contributed by atoms with Crippen LogP contribution in [0.2, 0.25) is 5.02 Å². The summed E-state index contributed by atoms with van der Waals surface area (Å²) in [5.41, 5.74) is -1.03. The number of benzene rings is 3. The predicted octanol–water partition coefficient (Wildman–Crippen LogP) is 5.58. The van der Waals surface area contributed by atoms with E-state index in [1.807, 2.05) is 0 Å². The number of carbonyl (C=O) groups is 1. The minimum Gasteiger partial charge on any atom is -0.493 e. The van der Waals surface area contributed by atoms with E-state index in [2.05, 4.69) is 0 Å². The molecule has 3 aromatic rings. The number of anilines is 1. The van der Waals surface area contributed by atoms with E-state index in [1.165, 1.54) is 32.4 Å². The van der Waals surface area contributed by atoms with Gasteiger partial charge in [-0.3, -0.25) is 0 Å². The van der Waals surface area contributed by atoms with E-state index >= 15 is 4.39 Å². The molecule has 0 radical (unpaired) electrons. The molecule has 3 rings (SSSR count). The Labute approximate surface area is 217 Å². The quantitative estimate of drug-likeness (QED) is 0.327. The van der Waals surface area contributed by atoms with Crippen LogP contribution in [0.25, 0.3) is 0 Å². The van der Waals surface area contributed by atoms with Gasteiger partial charge < -0.3 is 14.6 Å². The standard InChI is InChI=1S/C25H23ClF3NO6S/c1-4-25(29,24(31)32)30(37(33,34)17-9-11-22(35-2)23(14-17)36-3)21-10-8-16(26)12-15(21)13-18-19(27)6-5-7-20(18)28/h5-12,14H,4,13H2,1-3H3,(H,31,32). The van der Waals surface area contributed by atoms with Crippen molar-refractivity contribution in [3.63, 3.8) is 0 Å². The maximum atomic E-state index is 16.2. The number of ether oxygens (including phenoxy) is 2. The Hall–Kier alpha value is -3.44. The Morgan fingerprint density at radius 2 is 1.65 bits per heavy atom. The van der Waals surface area contributed by atoms with Gasteiger partial charge in [0.1, 0.15) is 11.6 Å². The van der Waals surface area contributed by atoms with Crippen LogP contribution in [0.4, 0.5) is 18.9 Å². The number of carboxylic acid groups (broad SMARTS) is 1. The molecular formula is C25H23ClF3NO6S. The Balaban J connectivity index is 2.33. The van der Waals surface area contributed by atoms with Gasteiger partial charge in [-0.2, -0.15) is 0 Å². The van der Waals surface area contributed by atoms with E-state index in [0.29, 0.717) is 0 Å². The molecule has 0 aromatic heterocycles. The average Bonchev–Trinajstić information content (AvgIpc) is 2.86. The highest BCUT2D eigenvalue weighted by Crippen LogP contribution is 2.40. The second-order valence-corrected chi connectivity index (χ2v) is 10.1. The summed E-state index contributed by atoms with van der Waals surface area (Å²) in [4.78, 5) is 11.6. The van der Waals surface area contributed by atoms with Crippen LogP contribution in [0.5, 0.6) is 11.5 Å². The molecule has 0 aliphatic heterocycles. The van der Waals surface area contributed by atoms with Crippen molar-refractivity contribution < 1.29 is 41.0 Å². The maximum absolute atomic E-state index is 16.2. The largest absolute Gasteiger partial charge is 0.493 e. The molecule has 0 bridgehead atoms. The van der Waals surface area contributed by atoms with Crippen molar-refractivity contribution in [3.05, 3.63) is 82.4 Å². The lowest BCUT2D eigenvalue weighted by Crippen LogP contribution is -2.54. The molecule has 198 valence electrons. The van der Waals surface area contributed by atoms with Crippen molar-refractivity contribution in [1.82, 2.24) is 0 Å². The summed E-state index contributed by atoms with van der Waals surface area (Å²) in [6.45, 7) is 1.15. The Morgan fingerprint density at radius 3 is 2.19 bits per heavy atom. The average molecular weight is 558 g/mol. The molecule has 37 heavy (non-hydrogen) atoms. The summed E-state index contributed by atoms with van der Waals surface area (Å²) in [5, 5.41) is 9.86. The lowest BCUT2D eigenvalue weighted by molar-refractivity contribution is -0.150. The third kappa shape index (κ3) is 5.33. The molecule has 1 unspecified atom stereocenters. The van der Waals surface area contributed by atoms with Gasteiger partial charge >= 0.3 is 5.97 Å². The molecule has 1 N–H and O–H groups in total. The normalized spacial score (nSPS) is 13.1. The van der Waals surface area contributed by atoms with E-state index in [0.717, 1.165) is 43.3 Å². The molecule has 7 nitrogen and oxygen atoms in total. The summed E-state index contributed by atoms with van der Waals surface area (Å²) in [6, 6.07) is 10.0. The molecule has 0 aliphatic carbocycles. The molecule has 3 aromatic carbocycles. The van der Waals surface area contributed by atoms with Gasteiger partial charge in [0.05, 0.1) is 24.8 Å². The first kappa shape index (κ1) is 28.1. The van der Waals surface area contributed by atoms with Crippen LogP contribution in [0.3, 0.4) is 0 Å². The van der Waals surface area contributed by atoms with E-state index in [1.54, 1.807) is 0 Å². The van der Waals surface area contributed by atoms with Crippen LogP contribution < -0.4 is 13.8 Å². The van der Waals surface area contributed by atoms with Crippen molar-refractivity contribution in [3.8, 4) is 11.5 Å². The summed E-state index contributed by atoms with van der Waals surface area (Å²) in [7, 11) is -2.38. The van der Waals surface area contributed by atoms with Crippen LogP contribution >= 0.6 is 11.6 Å². The molecule has 0 spiro atoms. The lowest BCUT2D eigenvalue weighted by atomic mass is 10.0. The minimum absolute atomic E-state index is 0.00966. The third-order valence-electron chi connectivity index (χ3n) is 5.70. The fourth-order valence-corrected chi connectivity index (χ4v) is 5.69. The third-order valence-corrected chi connectivity index (χ3v) is 7.75. The first-order chi connectivity index (χ1) is 17.4. The van der Waals surface area contributed by atoms with Crippen LogP contribution in [-0.2, 0) is 21.2 Å². The van der Waals surface area contributed by atoms with Crippen LogP contribution in [0, 0.1) is 11.6 Å². The fraction of sp³-hybridized carbons (Fsp3) is 0.240. The lowest BCUT2D eigenvalue weighted by Gasteiger charge is -2.35. The number of hydrogen-bond donors (Lipinski definition) is 1. The van der Waals surface area contributed by atoms with Crippen LogP contribution in [0.1, 0.15) is 24.5 Å². The fourth-order valence-electron chi connectivity index (χ4n) is 3.76. The highest BCUT2D eigenvalue weighted by molar-refractivity contribution is 7.93. The Morgan fingerprint density at radius 1 is 1.03 bits per heavy atom. The highest BCUT2D eigenvalue weighted by atomic mass is 35.5. The summed E-state index contributed by atoms with van der Waals surface area (Å²) < 4.78 is 83.2.